The van der Waals surface area contributed by atoms with E-state index in [1.165, 1.54) is 10.9 Å². The molecule has 1 aromatic heterocycles. The van der Waals surface area contributed by atoms with Gasteiger partial charge >= 0.3 is 0 Å². The number of hydrogen-bond donors (Lipinski definition) is 1. The normalized spacial score (nSPS) is 9.89. The average molecular weight is 258 g/mol. The largest absolute Gasteiger partial charge is 0.296 e. The predicted molar refractivity (Wildman–Crippen MR) is 64.3 cm³/mol. The lowest BCUT2D eigenvalue weighted by atomic mass is 10.2. The lowest BCUT2D eigenvalue weighted by Crippen LogP contribution is -2.33. The molecule has 1 aromatic carbocycles. The van der Waals surface area contributed by atoms with Gasteiger partial charge in [-0.1, -0.05) is 23.4 Å². The molecule has 0 aliphatic rings. The van der Waals surface area contributed by atoms with Crippen LogP contribution in [0.2, 0.25) is 0 Å². The van der Waals surface area contributed by atoms with Gasteiger partial charge in [-0.25, -0.2) is 4.68 Å². The molecule has 7 heteroatoms. The van der Waals surface area contributed by atoms with Gasteiger partial charge in [0.15, 0.2) is 6.29 Å². The maximum Gasteiger partial charge on any atom is 0.257 e. The molecule has 0 unspecified atom stereocenters. The van der Waals surface area contributed by atoms with Crippen LogP contribution in [0.4, 0.5) is 0 Å². The minimum atomic E-state index is -0.531. The number of nitrogens with zero attached hydrogens (tertiary/aromatic N) is 3. The highest BCUT2D eigenvalue weighted by atomic mass is 16.2. The summed E-state index contributed by atoms with van der Waals surface area (Å²) in [6.07, 6.45) is 1.84. The number of carbonyl (C=O) groups excluding carboxylic acids is 3. The summed E-state index contributed by atoms with van der Waals surface area (Å²) in [5.41, 5.74) is 0.519. The highest BCUT2D eigenvalue weighted by Crippen LogP contribution is 1.98. The first-order valence-electron chi connectivity index (χ1n) is 5.43. The van der Waals surface area contributed by atoms with Crippen LogP contribution in [0.5, 0.6) is 0 Å². The number of hydrogen-bond acceptors (Lipinski definition) is 5. The van der Waals surface area contributed by atoms with Crippen LogP contribution in [0.25, 0.3) is 0 Å². The van der Waals surface area contributed by atoms with E-state index < -0.39 is 11.8 Å². The third-order valence-corrected chi connectivity index (χ3v) is 2.27. The van der Waals surface area contributed by atoms with Crippen molar-refractivity contribution in [2.45, 2.75) is 6.54 Å². The molecule has 0 aliphatic heterocycles. The van der Waals surface area contributed by atoms with Crippen molar-refractivity contribution in [1.29, 1.82) is 0 Å². The molecular weight excluding hydrogens is 248 g/mol. The highest BCUT2D eigenvalue weighted by Gasteiger charge is 2.11. The summed E-state index contributed by atoms with van der Waals surface area (Å²) in [5.74, 6) is -1.02. The topological polar surface area (TPSA) is 94.0 Å². The van der Waals surface area contributed by atoms with Crippen LogP contribution < -0.4 is 5.32 Å². The first-order chi connectivity index (χ1) is 9.19. The highest BCUT2D eigenvalue weighted by molar-refractivity contribution is 6.04. The van der Waals surface area contributed by atoms with Gasteiger partial charge in [-0.15, -0.1) is 5.10 Å². The molecule has 0 spiro atoms. The van der Waals surface area contributed by atoms with E-state index >= 15 is 0 Å². The summed E-state index contributed by atoms with van der Waals surface area (Å²) in [6.45, 7) is -0.181. The predicted octanol–water partition coefficient (Wildman–Crippen LogP) is 0.0472. The van der Waals surface area contributed by atoms with Crippen molar-refractivity contribution in [3.05, 3.63) is 47.8 Å². The summed E-state index contributed by atoms with van der Waals surface area (Å²) in [7, 11) is 0. The minimum Gasteiger partial charge on any atom is -0.296 e. The fraction of sp³-hybridized carbons (Fsp3) is 0.0833. The Kier molecular flexibility index (Phi) is 3.77. The van der Waals surface area contributed by atoms with Gasteiger partial charge in [-0.3, -0.25) is 19.7 Å². The molecular formula is C12H10N4O3. The van der Waals surface area contributed by atoms with Crippen LogP contribution >= 0.6 is 0 Å². The van der Waals surface area contributed by atoms with Gasteiger partial charge in [0, 0.05) is 5.56 Å². The number of aromatic nitrogens is 3. The molecule has 1 N–H and O–H groups in total. The van der Waals surface area contributed by atoms with Gasteiger partial charge in [-0.2, -0.15) is 0 Å². The molecule has 0 fully saturated rings. The Morgan fingerprint density at radius 2 is 2.00 bits per heavy atom. The molecule has 7 nitrogen and oxygen atoms in total. The average Bonchev–Trinajstić information content (AvgIpc) is 2.87. The summed E-state index contributed by atoms with van der Waals surface area (Å²) in [6, 6.07) is 8.38. The fourth-order valence-electron chi connectivity index (χ4n) is 1.42. The molecule has 0 radical (unpaired) electrons. The van der Waals surface area contributed by atoms with Gasteiger partial charge < -0.3 is 0 Å². The Labute approximate surface area is 108 Å². The van der Waals surface area contributed by atoms with Crippen molar-refractivity contribution < 1.29 is 14.4 Å². The van der Waals surface area contributed by atoms with Crippen LogP contribution in [0.3, 0.4) is 0 Å². The number of amides is 2. The Morgan fingerprint density at radius 3 is 2.63 bits per heavy atom. The second kappa shape index (κ2) is 5.67. The van der Waals surface area contributed by atoms with Crippen molar-refractivity contribution in [2.75, 3.05) is 0 Å². The molecule has 0 aliphatic carbocycles. The Bertz CT molecular complexity index is 606. The molecule has 0 atom stereocenters. The summed E-state index contributed by atoms with van der Waals surface area (Å²) in [5, 5.41) is 9.29. The first kappa shape index (κ1) is 12.6. The van der Waals surface area contributed by atoms with Gasteiger partial charge in [0.1, 0.15) is 12.2 Å². The number of carbonyl (C=O) groups is 3. The van der Waals surface area contributed by atoms with Crippen LogP contribution in [0, 0.1) is 0 Å². The van der Waals surface area contributed by atoms with Gasteiger partial charge in [0.25, 0.3) is 5.91 Å². The number of nitrogens with one attached hydrogen (secondary N) is 1. The Balaban J connectivity index is 1.94. The zero-order valence-electron chi connectivity index (χ0n) is 9.81. The summed E-state index contributed by atoms with van der Waals surface area (Å²) < 4.78 is 1.18. The number of rotatable bonds is 4. The monoisotopic (exact) mass is 258 g/mol. The van der Waals surface area contributed by atoms with E-state index in [2.05, 4.69) is 15.6 Å². The molecule has 19 heavy (non-hydrogen) atoms. The first-order valence-corrected chi connectivity index (χ1v) is 5.43. The van der Waals surface area contributed by atoms with E-state index in [-0.39, 0.29) is 12.2 Å². The van der Waals surface area contributed by atoms with Crippen molar-refractivity contribution in [1.82, 2.24) is 20.3 Å². The SMILES string of the molecule is O=Cc1cn(CC(=O)NC(=O)c2ccccc2)nn1. The van der Waals surface area contributed by atoms with E-state index in [0.29, 0.717) is 11.8 Å². The fourth-order valence-corrected chi connectivity index (χ4v) is 1.42. The number of aldehydes is 1. The van der Waals surface area contributed by atoms with Crippen LogP contribution in [-0.4, -0.2) is 33.1 Å². The van der Waals surface area contributed by atoms with Crippen molar-refractivity contribution in [2.24, 2.45) is 0 Å². The second-order valence-corrected chi connectivity index (χ2v) is 3.70. The molecule has 2 rings (SSSR count). The lowest BCUT2D eigenvalue weighted by Gasteiger charge is -2.03. The van der Waals surface area contributed by atoms with Crippen molar-refractivity contribution >= 4 is 18.1 Å². The van der Waals surface area contributed by atoms with E-state index in [0.717, 1.165) is 0 Å². The zero-order valence-corrected chi connectivity index (χ0v) is 9.81. The Hall–Kier alpha value is -2.83. The second-order valence-electron chi connectivity index (χ2n) is 3.70. The smallest absolute Gasteiger partial charge is 0.257 e. The quantitative estimate of drug-likeness (QED) is 0.782. The van der Waals surface area contributed by atoms with E-state index in [9.17, 15) is 14.4 Å². The van der Waals surface area contributed by atoms with E-state index in [4.69, 9.17) is 0 Å². The summed E-state index contributed by atoms with van der Waals surface area (Å²) in [4.78, 5) is 33.7. The molecule has 0 saturated heterocycles. The minimum absolute atomic E-state index is 0.127. The standard InChI is InChI=1S/C12H10N4O3/c17-8-10-6-16(15-14-10)7-11(18)13-12(19)9-4-2-1-3-5-9/h1-6,8H,7H2,(H,13,18,19). The zero-order chi connectivity index (χ0) is 13.7. The maximum atomic E-state index is 11.7. The molecule has 2 aromatic rings. The molecule has 0 saturated carbocycles. The van der Waals surface area contributed by atoms with Crippen LogP contribution in [0.15, 0.2) is 36.5 Å². The van der Waals surface area contributed by atoms with Gasteiger partial charge in [0.05, 0.1) is 6.20 Å². The molecule has 2 amide bonds. The number of imide groups is 1. The molecule has 0 bridgehead atoms. The third kappa shape index (κ3) is 3.32. The van der Waals surface area contributed by atoms with Crippen LogP contribution in [-0.2, 0) is 11.3 Å². The molecule has 1 heterocycles. The maximum absolute atomic E-state index is 11.7. The van der Waals surface area contributed by atoms with E-state index in [1.54, 1.807) is 30.3 Å². The van der Waals surface area contributed by atoms with Gasteiger partial charge in [-0.05, 0) is 12.1 Å². The number of benzene rings is 1. The van der Waals surface area contributed by atoms with Crippen molar-refractivity contribution in [3.8, 4) is 0 Å². The lowest BCUT2D eigenvalue weighted by molar-refractivity contribution is -0.120. The molecule has 96 valence electrons. The van der Waals surface area contributed by atoms with Crippen LogP contribution in [0.1, 0.15) is 20.8 Å². The third-order valence-electron chi connectivity index (χ3n) is 2.27. The van der Waals surface area contributed by atoms with E-state index in [1.807, 2.05) is 0 Å². The summed E-state index contributed by atoms with van der Waals surface area (Å²) >= 11 is 0. The van der Waals surface area contributed by atoms with Crippen molar-refractivity contribution in [3.63, 3.8) is 0 Å². The Morgan fingerprint density at radius 1 is 1.26 bits per heavy atom. The van der Waals surface area contributed by atoms with Gasteiger partial charge in [0.2, 0.25) is 5.91 Å².